The van der Waals surface area contributed by atoms with Crippen LogP contribution in [0, 0.1) is 0 Å². The molecule has 1 aromatic carbocycles. The predicted octanol–water partition coefficient (Wildman–Crippen LogP) is 2.78. The van der Waals surface area contributed by atoms with E-state index < -0.39 is 0 Å². The van der Waals surface area contributed by atoms with Crippen LogP contribution in [0.3, 0.4) is 0 Å². The molecule has 2 aromatic rings. The van der Waals surface area contributed by atoms with E-state index in [0.717, 1.165) is 13.1 Å². The highest BCUT2D eigenvalue weighted by Gasteiger charge is 2.22. The monoisotopic (exact) mass is 230 g/mol. The van der Waals surface area contributed by atoms with Gasteiger partial charge in [0.25, 0.3) is 0 Å². The fourth-order valence-electron chi connectivity index (χ4n) is 2.62. The number of morpholine rings is 1. The van der Waals surface area contributed by atoms with Gasteiger partial charge in [-0.3, -0.25) is 0 Å². The second-order valence-electron chi connectivity index (χ2n) is 4.91. The van der Waals surface area contributed by atoms with Gasteiger partial charge in [-0.05, 0) is 37.4 Å². The highest BCUT2D eigenvalue weighted by Crippen LogP contribution is 2.24. The van der Waals surface area contributed by atoms with Crippen LogP contribution in [-0.2, 0) is 4.74 Å². The second kappa shape index (κ2) is 4.08. The van der Waals surface area contributed by atoms with Crippen LogP contribution in [0.25, 0.3) is 10.9 Å². The molecule has 1 saturated heterocycles. The summed E-state index contributed by atoms with van der Waals surface area (Å²) < 4.78 is 5.76. The molecule has 1 fully saturated rings. The first-order valence-corrected chi connectivity index (χ1v) is 6.20. The topological polar surface area (TPSA) is 28.3 Å². The van der Waals surface area contributed by atoms with E-state index >= 15 is 0 Å². The summed E-state index contributed by atoms with van der Waals surface area (Å²) in [5.74, 6) is 0. The Morgan fingerprint density at radius 3 is 2.71 bits per heavy atom. The lowest BCUT2D eigenvalue weighted by molar-refractivity contribution is -0.00521. The number of ether oxygens (including phenoxy) is 1. The smallest absolute Gasteiger partial charge is 0.0726 e. The molecular weight excluding hydrogens is 212 g/mol. The summed E-state index contributed by atoms with van der Waals surface area (Å²) in [4.78, 5) is 5.67. The Labute approximate surface area is 101 Å². The molecule has 0 spiro atoms. The van der Waals surface area contributed by atoms with E-state index in [1.54, 1.807) is 0 Å². The summed E-state index contributed by atoms with van der Waals surface area (Å²) in [7, 11) is 0. The predicted molar refractivity (Wildman–Crippen MR) is 70.5 cm³/mol. The van der Waals surface area contributed by atoms with Crippen LogP contribution in [0.2, 0.25) is 0 Å². The van der Waals surface area contributed by atoms with Crippen LogP contribution < -0.4 is 4.90 Å². The molecule has 0 bridgehead atoms. The second-order valence-corrected chi connectivity index (χ2v) is 4.91. The summed E-state index contributed by atoms with van der Waals surface area (Å²) >= 11 is 0. The minimum absolute atomic E-state index is 0.304. The van der Waals surface area contributed by atoms with Crippen LogP contribution in [0.5, 0.6) is 0 Å². The molecule has 1 aromatic heterocycles. The first kappa shape index (κ1) is 10.7. The first-order valence-electron chi connectivity index (χ1n) is 6.20. The van der Waals surface area contributed by atoms with Crippen LogP contribution in [0.4, 0.5) is 5.69 Å². The van der Waals surface area contributed by atoms with Crippen molar-refractivity contribution in [1.82, 2.24) is 4.98 Å². The van der Waals surface area contributed by atoms with Crippen LogP contribution in [0.1, 0.15) is 13.8 Å². The first-order chi connectivity index (χ1) is 8.22. The lowest BCUT2D eigenvalue weighted by atomic mass is 10.1. The van der Waals surface area contributed by atoms with E-state index in [0.29, 0.717) is 12.2 Å². The minimum Gasteiger partial charge on any atom is -0.372 e. The van der Waals surface area contributed by atoms with Crippen molar-refractivity contribution in [2.75, 3.05) is 18.0 Å². The van der Waals surface area contributed by atoms with Gasteiger partial charge < -0.3 is 14.6 Å². The van der Waals surface area contributed by atoms with Gasteiger partial charge in [-0.2, -0.15) is 0 Å². The van der Waals surface area contributed by atoms with Gasteiger partial charge in [0.05, 0.1) is 12.2 Å². The number of anilines is 1. The normalized spacial score (nSPS) is 25.4. The Kier molecular flexibility index (Phi) is 2.56. The van der Waals surface area contributed by atoms with E-state index in [9.17, 15) is 0 Å². The molecule has 2 atom stereocenters. The maximum absolute atomic E-state index is 5.76. The van der Waals surface area contributed by atoms with Gasteiger partial charge in [-0.15, -0.1) is 0 Å². The Bertz CT molecular complexity index is 510. The number of benzene rings is 1. The van der Waals surface area contributed by atoms with E-state index in [-0.39, 0.29) is 0 Å². The molecular formula is C14H18N2O. The Balaban J connectivity index is 1.91. The average molecular weight is 230 g/mol. The molecule has 0 amide bonds. The number of nitrogens with one attached hydrogen (secondary N) is 1. The molecule has 3 nitrogen and oxygen atoms in total. The minimum atomic E-state index is 0.304. The average Bonchev–Trinajstić information content (AvgIpc) is 2.74. The zero-order chi connectivity index (χ0) is 11.8. The molecule has 1 aliphatic rings. The zero-order valence-corrected chi connectivity index (χ0v) is 10.3. The van der Waals surface area contributed by atoms with Crippen molar-refractivity contribution in [1.29, 1.82) is 0 Å². The van der Waals surface area contributed by atoms with Crippen molar-refractivity contribution in [3.8, 4) is 0 Å². The fraction of sp³-hybridized carbons (Fsp3) is 0.429. The summed E-state index contributed by atoms with van der Waals surface area (Å²) in [6, 6.07) is 8.69. The van der Waals surface area contributed by atoms with Gasteiger partial charge in [-0.25, -0.2) is 0 Å². The van der Waals surface area contributed by atoms with Gasteiger partial charge >= 0.3 is 0 Å². The molecule has 2 unspecified atom stereocenters. The fourth-order valence-corrected chi connectivity index (χ4v) is 2.62. The third kappa shape index (κ3) is 2.03. The molecule has 1 N–H and O–H groups in total. The molecule has 2 heterocycles. The maximum Gasteiger partial charge on any atom is 0.0726 e. The van der Waals surface area contributed by atoms with Crippen molar-refractivity contribution < 1.29 is 4.74 Å². The summed E-state index contributed by atoms with van der Waals surface area (Å²) in [5.41, 5.74) is 2.48. The maximum atomic E-state index is 5.76. The standard InChI is InChI=1S/C14H18N2O/c1-10-8-16(9-11(2)17-10)13-4-3-12-5-6-15-14(12)7-13/h3-7,10-11,15H,8-9H2,1-2H3. The van der Waals surface area contributed by atoms with Gasteiger partial charge in [0.1, 0.15) is 0 Å². The number of aromatic nitrogens is 1. The van der Waals surface area contributed by atoms with Crippen LogP contribution in [0.15, 0.2) is 30.5 Å². The van der Waals surface area contributed by atoms with Gasteiger partial charge in [0.2, 0.25) is 0 Å². The molecule has 0 saturated carbocycles. The van der Waals surface area contributed by atoms with Crippen molar-refractivity contribution in [3.63, 3.8) is 0 Å². The van der Waals surface area contributed by atoms with E-state index in [1.807, 2.05) is 6.20 Å². The number of nitrogens with zero attached hydrogens (tertiary/aromatic N) is 1. The number of hydrogen-bond acceptors (Lipinski definition) is 2. The van der Waals surface area contributed by atoms with Crippen LogP contribution in [-0.4, -0.2) is 30.3 Å². The summed E-state index contributed by atoms with van der Waals surface area (Å²) in [6.07, 6.45) is 2.59. The van der Waals surface area contributed by atoms with Gasteiger partial charge in [0.15, 0.2) is 0 Å². The van der Waals surface area contributed by atoms with Crippen molar-refractivity contribution in [2.24, 2.45) is 0 Å². The number of H-pyrrole nitrogens is 1. The number of aromatic amines is 1. The third-order valence-electron chi connectivity index (χ3n) is 3.32. The summed E-state index contributed by atoms with van der Waals surface area (Å²) in [5, 5.41) is 1.27. The van der Waals surface area contributed by atoms with Gasteiger partial charge in [-0.1, -0.05) is 6.07 Å². The largest absolute Gasteiger partial charge is 0.372 e. The lowest BCUT2D eigenvalue weighted by Gasteiger charge is -2.36. The third-order valence-corrected chi connectivity index (χ3v) is 3.32. The van der Waals surface area contributed by atoms with E-state index in [1.165, 1.54) is 16.6 Å². The Morgan fingerprint density at radius 2 is 1.94 bits per heavy atom. The molecule has 0 radical (unpaired) electrons. The number of rotatable bonds is 1. The molecule has 0 aliphatic carbocycles. The van der Waals surface area contributed by atoms with Crippen molar-refractivity contribution >= 4 is 16.6 Å². The molecule has 3 rings (SSSR count). The van der Waals surface area contributed by atoms with Crippen LogP contribution >= 0.6 is 0 Å². The van der Waals surface area contributed by atoms with E-state index in [2.05, 4.69) is 48.0 Å². The van der Waals surface area contributed by atoms with Crippen molar-refractivity contribution in [3.05, 3.63) is 30.5 Å². The van der Waals surface area contributed by atoms with Crippen molar-refractivity contribution in [2.45, 2.75) is 26.1 Å². The molecule has 90 valence electrons. The van der Waals surface area contributed by atoms with Gasteiger partial charge in [0, 0.05) is 30.5 Å². The quantitative estimate of drug-likeness (QED) is 0.816. The SMILES string of the molecule is CC1CN(c2ccc3cc[nH]c3c2)CC(C)O1. The lowest BCUT2D eigenvalue weighted by Crippen LogP contribution is -2.45. The molecule has 1 aliphatic heterocycles. The molecule has 3 heteroatoms. The Morgan fingerprint density at radius 1 is 1.18 bits per heavy atom. The highest BCUT2D eigenvalue weighted by atomic mass is 16.5. The highest BCUT2D eigenvalue weighted by molar-refractivity contribution is 5.83. The molecule has 17 heavy (non-hydrogen) atoms. The van der Waals surface area contributed by atoms with E-state index in [4.69, 9.17) is 4.74 Å². The number of fused-ring (bicyclic) bond motifs is 1. The zero-order valence-electron chi connectivity index (χ0n) is 10.3. The number of hydrogen-bond donors (Lipinski definition) is 1. The Hall–Kier alpha value is -1.48. The summed E-state index contributed by atoms with van der Waals surface area (Å²) in [6.45, 7) is 6.21.